The molecule has 0 saturated heterocycles. The first-order chi connectivity index (χ1) is 14.3. The Balaban J connectivity index is 1.93. The van der Waals surface area contributed by atoms with Gasteiger partial charge in [-0.05, 0) is 48.3 Å². The van der Waals surface area contributed by atoms with Crippen molar-refractivity contribution in [1.29, 1.82) is 0 Å². The molecule has 2 aromatic carbocycles. The highest BCUT2D eigenvalue weighted by Gasteiger charge is 2.30. The Hall–Kier alpha value is -3.06. The number of anilines is 1. The molecule has 0 aliphatic carbocycles. The van der Waals surface area contributed by atoms with Crippen molar-refractivity contribution in [3.8, 4) is 11.5 Å². The Morgan fingerprint density at radius 2 is 1.80 bits per heavy atom. The third kappa shape index (κ3) is 4.57. The predicted molar refractivity (Wildman–Crippen MR) is 123 cm³/mol. The zero-order valence-electron chi connectivity index (χ0n) is 17.8. The lowest BCUT2D eigenvalue weighted by atomic mass is 9.92. The molecule has 7 heteroatoms. The fraction of sp³-hybridized carbons (Fsp3) is 0.304. The van der Waals surface area contributed by atoms with Crippen LogP contribution in [0.25, 0.3) is 0 Å². The second-order valence-electron chi connectivity index (χ2n) is 7.41. The van der Waals surface area contributed by atoms with Crippen LogP contribution in [-0.4, -0.2) is 25.2 Å². The lowest BCUT2D eigenvalue weighted by Gasteiger charge is -2.30. The van der Waals surface area contributed by atoms with E-state index < -0.39 is 0 Å². The van der Waals surface area contributed by atoms with Gasteiger partial charge in [0, 0.05) is 11.8 Å². The van der Waals surface area contributed by atoms with Crippen LogP contribution in [0.15, 0.2) is 53.7 Å². The van der Waals surface area contributed by atoms with Gasteiger partial charge >= 0.3 is 0 Å². The summed E-state index contributed by atoms with van der Waals surface area (Å²) < 4.78 is 10.6. The highest BCUT2D eigenvalue weighted by Crippen LogP contribution is 2.32. The van der Waals surface area contributed by atoms with Crippen LogP contribution in [0.5, 0.6) is 11.5 Å². The maximum Gasteiger partial charge on any atom is 0.255 e. The Bertz CT molecular complexity index is 984. The van der Waals surface area contributed by atoms with Gasteiger partial charge in [-0.25, -0.2) is 0 Å². The van der Waals surface area contributed by atoms with Crippen molar-refractivity contribution >= 4 is 28.9 Å². The van der Waals surface area contributed by atoms with Crippen LogP contribution < -0.4 is 25.4 Å². The summed E-state index contributed by atoms with van der Waals surface area (Å²) in [7, 11) is 3.13. The van der Waals surface area contributed by atoms with E-state index in [0.717, 1.165) is 5.56 Å². The average Bonchev–Trinajstić information content (AvgIpc) is 2.73. The maximum atomic E-state index is 13.3. The van der Waals surface area contributed by atoms with E-state index in [1.807, 2.05) is 19.1 Å². The number of benzene rings is 2. The van der Waals surface area contributed by atoms with Crippen LogP contribution in [-0.2, 0) is 4.79 Å². The quantitative estimate of drug-likeness (QED) is 0.601. The van der Waals surface area contributed by atoms with Gasteiger partial charge in [0.05, 0.1) is 31.5 Å². The van der Waals surface area contributed by atoms with Crippen molar-refractivity contribution < 1.29 is 14.3 Å². The Kier molecular flexibility index (Phi) is 6.62. The van der Waals surface area contributed by atoms with Gasteiger partial charge in [-0.15, -0.1) is 0 Å². The lowest BCUT2D eigenvalue weighted by Crippen LogP contribution is -2.45. The number of ether oxygens (including phenoxy) is 2. The van der Waals surface area contributed by atoms with Gasteiger partial charge in [0.1, 0.15) is 11.5 Å². The molecular formula is C23H27N3O3S. The number of allylic oxidation sites excluding steroid dienone is 1. The van der Waals surface area contributed by atoms with Crippen LogP contribution in [0, 0.1) is 0 Å². The summed E-state index contributed by atoms with van der Waals surface area (Å²) in [5, 5.41) is 9.73. The minimum absolute atomic E-state index is 0.239. The standard InChI is InChI=1S/C23H27N3O3S/c1-13(2)15-6-8-16(9-7-15)21-20(14(3)24-23(30)26-21)22(27)25-18-11-10-17(28-4)12-19(18)29-5/h6-13,21H,1-5H3,(H,25,27)(H2,24,26,30)/t21-/m0/s1. The number of rotatable bonds is 6. The summed E-state index contributed by atoms with van der Waals surface area (Å²) in [6.07, 6.45) is 0. The molecule has 0 bridgehead atoms. The van der Waals surface area contributed by atoms with E-state index in [1.54, 1.807) is 32.4 Å². The lowest BCUT2D eigenvalue weighted by molar-refractivity contribution is -0.113. The molecule has 0 saturated carbocycles. The summed E-state index contributed by atoms with van der Waals surface area (Å²) in [5.74, 6) is 1.36. The normalized spacial score (nSPS) is 16.1. The van der Waals surface area contributed by atoms with Crippen molar-refractivity contribution in [2.45, 2.75) is 32.7 Å². The molecule has 1 heterocycles. The molecule has 3 rings (SSSR count). The van der Waals surface area contributed by atoms with Gasteiger partial charge in [0.15, 0.2) is 5.11 Å². The molecule has 1 amide bonds. The fourth-order valence-electron chi connectivity index (χ4n) is 3.41. The van der Waals surface area contributed by atoms with E-state index in [4.69, 9.17) is 21.7 Å². The number of hydrogen-bond acceptors (Lipinski definition) is 4. The second kappa shape index (κ2) is 9.17. The number of thiocarbonyl (C=S) groups is 1. The minimum Gasteiger partial charge on any atom is -0.497 e. The van der Waals surface area contributed by atoms with Crippen molar-refractivity contribution in [1.82, 2.24) is 10.6 Å². The Labute approximate surface area is 182 Å². The molecule has 1 atom stereocenters. The molecular weight excluding hydrogens is 398 g/mol. The summed E-state index contributed by atoms with van der Waals surface area (Å²) in [4.78, 5) is 13.3. The van der Waals surface area contributed by atoms with Gasteiger partial charge in [-0.3, -0.25) is 4.79 Å². The van der Waals surface area contributed by atoms with Crippen molar-refractivity contribution in [3.63, 3.8) is 0 Å². The summed E-state index contributed by atoms with van der Waals surface area (Å²) in [5.41, 5.74) is 4.05. The summed E-state index contributed by atoms with van der Waals surface area (Å²) in [6, 6.07) is 13.1. The number of methoxy groups -OCH3 is 2. The number of carbonyl (C=O) groups excluding carboxylic acids is 1. The van der Waals surface area contributed by atoms with Crippen molar-refractivity contribution in [2.75, 3.05) is 19.5 Å². The van der Waals surface area contributed by atoms with E-state index in [-0.39, 0.29) is 11.9 Å². The summed E-state index contributed by atoms with van der Waals surface area (Å²) >= 11 is 5.34. The zero-order chi connectivity index (χ0) is 21.8. The monoisotopic (exact) mass is 425 g/mol. The molecule has 2 aromatic rings. The largest absolute Gasteiger partial charge is 0.497 e. The van der Waals surface area contributed by atoms with E-state index in [0.29, 0.717) is 39.5 Å². The third-order valence-corrected chi connectivity index (χ3v) is 5.33. The smallest absolute Gasteiger partial charge is 0.255 e. The summed E-state index contributed by atoms with van der Waals surface area (Å²) in [6.45, 7) is 6.15. The van der Waals surface area contributed by atoms with Gasteiger partial charge in [-0.1, -0.05) is 38.1 Å². The highest BCUT2D eigenvalue weighted by atomic mass is 32.1. The second-order valence-corrected chi connectivity index (χ2v) is 7.82. The molecule has 0 unspecified atom stereocenters. The van der Waals surface area contributed by atoms with Gasteiger partial charge in [0.25, 0.3) is 5.91 Å². The zero-order valence-corrected chi connectivity index (χ0v) is 18.6. The van der Waals surface area contributed by atoms with Crippen LogP contribution in [0.1, 0.15) is 43.9 Å². The predicted octanol–water partition coefficient (Wildman–Crippen LogP) is 4.26. The molecule has 6 nitrogen and oxygen atoms in total. The van der Waals surface area contributed by atoms with Gasteiger partial charge in [-0.2, -0.15) is 0 Å². The van der Waals surface area contributed by atoms with E-state index in [1.165, 1.54) is 5.56 Å². The number of hydrogen-bond donors (Lipinski definition) is 3. The molecule has 30 heavy (non-hydrogen) atoms. The first kappa shape index (κ1) is 21.6. The van der Waals surface area contributed by atoms with Crippen LogP contribution in [0.4, 0.5) is 5.69 Å². The number of amides is 1. The maximum absolute atomic E-state index is 13.3. The van der Waals surface area contributed by atoms with Gasteiger partial charge in [0.2, 0.25) is 0 Å². The topological polar surface area (TPSA) is 71.6 Å². The fourth-order valence-corrected chi connectivity index (χ4v) is 3.68. The molecule has 3 N–H and O–H groups in total. The van der Waals surface area contributed by atoms with Crippen molar-refractivity contribution in [3.05, 3.63) is 64.9 Å². The third-order valence-electron chi connectivity index (χ3n) is 5.11. The van der Waals surface area contributed by atoms with E-state index in [2.05, 4.69) is 41.9 Å². The van der Waals surface area contributed by atoms with Gasteiger partial charge < -0.3 is 25.4 Å². The molecule has 0 aromatic heterocycles. The molecule has 0 spiro atoms. The number of nitrogens with one attached hydrogen (secondary N) is 3. The SMILES string of the molecule is COc1ccc(NC(=O)C2=C(C)NC(=S)N[C@H]2c2ccc(C(C)C)cc2)c(OC)c1. The molecule has 1 aliphatic heterocycles. The molecule has 1 aliphatic rings. The first-order valence-electron chi connectivity index (χ1n) is 9.75. The van der Waals surface area contributed by atoms with Crippen LogP contribution in [0.2, 0.25) is 0 Å². The molecule has 158 valence electrons. The number of carbonyl (C=O) groups is 1. The molecule has 0 radical (unpaired) electrons. The Morgan fingerprint density at radius 1 is 1.10 bits per heavy atom. The van der Waals surface area contributed by atoms with E-state index in [9.17, 15) is 4.79 Å². The Morgan fingerprint density at radius 3 is 2.40 bits per heavy atom. The van der Waals surface area contributed by atoms with Crippen molar-refractivity contribution in [2.24, 2.45) is 0 Å². The van der Waals surface area contributed by atoms with Crippen LogP contribution >= 0.6 is 12.2 Å². The molecule has 0 fully saturated rings. The highest BCUT2D eigenvalue weighted by molar-refractivity contribution is 7.80. The first-order valence-corrected chi connectivity index (χ1v) is 10.2. The minimum atomic E-state index is -0.357. The van der Waals surface area contributed by atoms with Crippen LogP contribution in [0.3, 0.4) is 0 Å². The van der Waals surface area contributed by atoms with E-state index >= 15 is 0 Å². The average molecular weight is 426 g/mol.